The van der Waals surface area contributed by atoms with Crippen LogP contribution in [-0.4, -0.2) is 17.0 Å². The zero-order chi connectivity index (χ0) is 19.6. The van der Waals surface area contributed by atoms with E-state index >= 15 is 0 Å². The Kier molecular flexibility index (Phi) is 5.23. The van der Waals surface area contributed by atoms with Gasteiger partial charge in [0, 0.05) is 5.56 Å². The van der Waals surface area contributed by atoms with E-state index in [1.807, 2.05) is 0 Å². The number of hydrogen-bond acceptors (Lipinski definition) is 4. The molecule has 2 amide bonds. The highest BCUT2D eigenvalue weighted by molar-refractivity contribution is 6.33. The van der Waals surface area contributed by atoms with Crippen LogP contribution < -0.4 is 10.9 Å². The first-order valence-electron chi connectivity index (χ1n) is 7.97. The quantitative estimate of drug-likeness (QED) is 0.669. The Morgan fingerprint density at radius 3 is 2.44 bits per heavy atom. The maximum absolute atomic E-state index is 14.2. The van der Waals surface area contributed by atoms with E-state index < -0.39 is 17.6 Å². The standard InChI is InChI=1S/C19H15ClFN3O3/c1-10-6-3-4-7-12(10)18(25)22-23-19(26)15-11(2)27-24-17(15)16-13(20)8-5-9-14(16)21/h3-9H,1-2H3,(H,22,25)(H,23,26). The van der Waals surface area contributed by atoms with Crippen molar-refractivity contribution in [3.63, 3.8) is 0 Å². The molecule has 0 bridgehead atoms. The van der Waals surface area contributed by atoms with Crippen LogP contribution in [0.1, 0.15) is 32.0 Å². The van der Waals surface area contributed by atoms with E-state index in [1.54, 1.807) is 31.2 Å². The number of hydrogen-bond donors (Lipinski definition) is 2. The number of aryl methyl sites for hydroxylation is 2. The van der Waals surface area contributed by atoms with Gasteiger partial charge in [-0.1, -0.05) is 41.0 Å². The van der Waals surface area contributed by atoms with Crippen molar-refractivity contribution in [2.75, 3.05) is 0 Å². The van der Waals surface area contributed by atoms with Crippen LogP contribution >= 0.6 is 11.6 Å². The first-order chi connectivity index (χ1) is 12.9. The van der Waals surface area contributed by atoms with Crippen molar-refractivity contribution in [3.05, 3.63) is 75.8 Å². The van der Waals surface area contributed by atoms with Crippen molar-refractivity contribution in [2.45, 2.75) is 13.8 Å². The highest BCUT2D eigenvalue weighted by Crippen LogP contribution is 2.33. The first kappa shape index (κ1) is 18.6. The number of carbonyl (C=O) groups excluding carboxylic acids is 2. The topological polar surface area (TPSA) is 84.2 Å². The van der Waals surface area contributed by atoms with E-state index in [0.717, 1.165) is 5.56 Å². The van der Waals surface area contributed by atoms with E-state index in [2.05, 4.69) is 16.0 Å². The van der Waals surface area contributed by atoms with Gasteiger partial charge in [-0.15, -0.1) is 0 Å². The van der Waals surface area contributed by atoms with Crippen molar-refractivity contribution < 1.29 is 18.5 Å². The summed E-state index contributed by atoms with van der Waals surface area (Å²) in [6.07, 6.45) is 0. The molecule has 6 nitrogen and oxygen atoms in total. The van der Waals surface area contributed by atoms with Crippen molar-refractivity contribution >= 4 is 23.4 Å². The average Bonchev–Trinajstić information content (AvgIpc) is 3.01. The third-order valence-corrected chi connectivity index (χ3v) is 4.28. The zero-order valence-electron chi connectivity index (χ0n) is 14.5. The summed E-state index contributed by atoms with van der Waals surface area (Å²) in [6.45, 7) is 3.28. The molecule has 1 aromatic heterocycles. The number of benzene rings is 2. The molecule has 2 aromatic carbocycles. The molecule has 0 radical (unpaired) electrons. The summed E-state index contributed by atoms with van der Waals surface area (Å²) < 4.78 is 19.2. The molecular formula is C19H15ClFN3O3. The smallest absolute Gasteiger partial charge is 0.275 e. The second-order valence-corrected chi connectivity index (χ2v) is 6.19. The normalized spacial score (nSPS) is 10.5. The molecule has 8 heteroatoms. The highest BCUT2D eigenvalue weighted by Gasteiger charge is 2.25. The Hall–Kier alpha value is -3.19. The molecule has 0 saturated heterocycles. The Balaban J connectivity index is 1.85. The predicted octanol–water partition coefficient (Wildman–Crippen LogP) is 3.83. The van der Waals surface area contributed by atoms with Crippen LogP contribution in [0.2, 0.25) is 5.02 Å². The lowest BCUT2D eigenvalue weighted by Crippen LogP contribution is -2.42. The maximum Gasteiger partial charge on any atom is 0.275 e. The molecule has 27 heavy (non-hydrogen) atoms. The van der Waals surface area contributed by atoms with Crippen LogP contribution in [0.5, 0.6) is 0 Å². The number of nitrogens with one attached hydrogen (secondary N) is 2. The van der Waals surface area contributed by atoms with Crippen molar-refractivity contribution in [1.82, 2.24) is 16.0 Å². The minimum absolute atomic E-state index is 0.0212. The lowest BCUT2D eigenvalue weighted by atomic mass is 10.1. The number of carbonyl (C=O) groups is 2. The van der Waals surface area contributed by atoms with Gasteiger partial charge in [0.15, 0.2) is 0 Å². The second-order valence-electron chi connectivity index (χ2n) is 5.78. The van der Waals surface area contributed by atoms with E-state index in [0.29, 0.717) is 5.56 Å². The van der Waals surface area contributed by atoms with Gasteiger partial charge in [-0.25, -0.2) is 4.39 Å². The van der Waals surface area contributed by atoms with Gasteiger partial charge < -0.3 is 4.52 Å². The van der Waals surface area contributed by atoms with Gasteiger partial charge in [0.1, 0.15) is 22.8 Å². The lowest BCUT2D eigenvalue weighted by molar-refractivity contribution is 0.0845. The van der Waals surface area contributed by atoms with Gasteiger partial charge in [-0.3, -0.25) is 20.4 Å². The summed E-state index contributed by atoms with van der Waals surface area (Å²) in [4.78, 5) is 24.8. The Bertz CT molecular complexity index is 1010. The molecule has 2 N–H and O–H groups in total. The average molecular weight is 388 g/mol. The van der Waals surface area contributed by atoms with Crippen LogP contribution in [0, 0.1) is 19.7 Å². The van der Waals surface area contributed by atoms with Gasteiger partial charge in [-0.2, -0.15) is 0 Å². The van der Waals surface area contributed by atoms with Crippen LogP contribution in [0.4, 0.5) is 4.39 Å². The summed E-state index contributed by atoms with van der Waals surface area (Å²) in [6, 6.07) is 11.0. The number of nitrogens with zero attached hydrogens (tertiary/aromatic N) is 1. The number of amides is 2. The summed E-state index contributed by atoms with van der Waals surface area (Å²) in [5.41, 5.74) is 5.68. The Morgan fingerprint density at radius 2 is 1.74 bits per heavy atom. The molecule has 0 aliphatic rings. The molecule has 3 aromatic rings. The molecule has 3 rings (SSSR count). The van der Waals surface area contributed by atoms with Gasteiger partial charge >= 0.3 is 0 Å². The number of aromatic nitrogens is 1. The molecule has 0 spiro atoms. The van der Waals surface area contributed by atoms with E-state index in [-0.39, 0.29) is 27.6 Å². The molecule has 0 aliphatic carbocycles. The van der Waals surface area contributed by atoms with Gasteiger partial charge in [0.25, 0.3) is 11.8 Å². The van der Waals surface area contributed by atoms with Crippen molar-refractivity contribution in [3.8, 4) is 11.3 Å². The van der Waals surface area contributed by atoms with Crippen LogP contribution in [0.3, 0.4) is 0 Å². The fourth-order valence-electron chi connectivity index (χ4n) is 2.61. The fraction of sp³-hybridized carbons (Fsp3) is 0.105. The van der Waals surface area contributed by atoms with Crippen molar-refractivity contribution in [2.24, 2.45) is 0 Å². The van der Waals surface area contributed by atoms with Crippen LogP contribution in [-0.2, 0) is 0 Å². The highest BCUT2D eigenvalue weighted by atomic mass is 35.5. The van der Waals surface area contributed by atoms with Gasteiger partial charge in [0.05, 0.1) is 10.6 Å². The molecular weight excluding hydrogens is 373 g/mol. The number of halogens is 2. The number of rotatable bonds is 3. The molecule has 0 aliphatic heterocycles. The summed E-state index contributed by atoms with van der Waals surface area (Å²) in [5.74, 6) is -1.67. The molecule has 0 fully saturated rings. The Morgan fingerprint density at radius 1 is 1.04 bits per heavy atom. The third-order valence-electron chi connectivity index (χ3n) is 3.97. The Labute approximate surface area is 159 Å². The SMILES string of the molecule is Cc1ccccc1C(=O)NNC(=O)c1c(-c2c(F)cccc2Cl)noc1C. The summed E-state index contributed by atoms with van der Waals surface area (Å²) in [7, 11) is 0. The van der Waals surface area contributed by atoms with Crippen LogP contribution in [0.25, 0.3) is 11.3 Å². The molecule has 138 valence electrons. The minimum atomic E-state index is -0.704. The predicted molar refractivity (Wildman–Crippen MR) is 97.8 cm³/mol. The second kappa shape index (κ2) is 7.59. The maximum atomic E-state index is 14.2. The van der Waals surface area contributed by atoms with Gasteiger partial charge in [-0.05, 0) is 37.6 Å². The summed E-state index contributed by atoms with van der Waals surface area (Å²) >= 11 is 6.05. The van der Waals surface area contributed by atoms with E-state index in [9.17, 15) is 14.0 Å². The van der Waals surface area contributed by atoms with E-state index in [4.69, 9.17) is 16.1 Å². The fourth-order valence-corrected chi connectivity index (χ4v) is 2.86. The molecule has 0 unspecified atom stereocenters. The molecule has 0 saturated carbocycles. The largest absolute Gasteiger partial charge is 0.360 e. The van der Waals surface area contributed by atoms with Gasteiger partial charge in [0.2, 0.25) is 0 Å². The van der Waals surface area contributed by atoms with E-state index in [1.165, 1.54) is 25.1 Å². The zero-order valence-corrected chi connectivity index (χ0v) is 15.2. The van der Waals surface area contributed by atoms with Crippen molar-refractivity contribution in [1.29, 1.82) is 0 Å². The number of hydrazine groups is 1. The molecule has 1 heterocycles. The monoisotopic (exact) mass is 387 g/mol. The first-order valence-corrected chi connectivity index (χ1v) is 8.35. The third kappa shape index (κ3) is 3.68. The van der Waals surface area contributed by atoms with Crippen LogP contribution in [0.15, 0.2) is 47.0 Å². The lowest BCUT2D eigenvalue weighted by Gasteiger charge is -2.10. The molecule has 0 atom stereocenters. The summed E-state index contributed by atoms with van der Waals surface area (Å²) in [5, 5.41) is 3.84. The minimum Gasteiger partial charge on any atom is -0.360 e.